The van der Waals surface area contributed by atoms with Crippen molar-refractivity contribution in [2.45, 2.75) is 17.4 Å². The summed E-state index contributed by atoms with van der Waals surface area (Å²) < 4.78 is 58.7. The van der Waals surface area contributed by atoms with Gasteiger partial charge in [0.25, 0.3) is 0 Å². The lowest BCUT2D eigenvalue weighted by atomic mass is 10.1. The number of benzene rings is 2. The third-order valence-corrected chi connectivity index (χ3v) is 5.10. The van der Waals surface area contributed by atoms with Crippen molar-refractivity contribution < 1.29 is 26.7 Å². The number of rotatable bonds is 6. The van der Waals surface area contributed by atoms with Gasteiger partial charge in [0, 0.05) is 5.02 Å². The van der Waals surface area contributed by atoms with Gasteiger partial charge in [-0.25, -0.2) is 17.2 Å². The Morgan fingerprint density at radius 1 is 1.16 bits per heavy atom. The van der Waals surface area contributed by atoms with Crippen LogP contribution in [0.4, 0.5) is 8.78 Å². The van der Waals surface area contributed by atoms with Crippen molar-refractivity contribution in [2.75, 3.05) is 7.11 Å². The largest absolute Gasteiger partial charge is 0.468 e. The minimum absolute atomic E-state index is 0.0842. The first-order chi connectivity index (χ1) is 11.7. The first kappa shape index (κ1) is 19.3. The van der Waals surface area contributed by atoms with Crippen molar-refractivity contribution in [1.29, 1.82) is 0 Å². The number of nitrogens with one attached hydrogen (secondary N) is 1. The van der Waals surface area contributed by atoms with E-state index in [0.29, 0.717) is 10.6 Å². The fraction of sp³-hybridized carbons (Fsp3) is 0.188. The molecule has 134 valence electrons. The number of hydrogen-bond acceptors (Lipinski definition) is 4. The normalized spacial score (nSPS) is 12.6. The number of halogens is 3. The van der Waals surface area contributed by atoms with Gasteiger partial charge < -0.3 is 4.74 Å². The maximum absolute atomic E-state index is 13.8. The predicted molar refractivity (Wildman–Crippen MR) is 87.6 cm³/mol. The van der Waals surface area contributed by atoms with E-state index in [9.17, 15) is 22.0 Å². The lowest BCUT2D eigenvalue weighted by Crippen LogP contribution is -2.43. The Hall–Kier alpha value is -2.03. The van der Waals surface area contributed by atoms with Gasteiger partial charge in [-0.05, 0) is 36.2 Å². The molecule has 0 fully saturated rings. The van der Waals surface area contributed by atoms with Gasteiger partial charge in [0.2, 0.25) is 10.0 Å². The molecule has 0 aliphatic carbocycles. The van der Waals surface area contributed by atoms with Crippen LogP contribution in [0, 0.1) is 11.6 Å². The van der Waals surface area contributed by atoms with Gasteiger partial charge in [-0.1, -0.05) is 29.8 Å². The maximum Gasteiger partial charge on any atom is 0.324 e. The van der Waals surface area contributed by atoms with Gasteiger partial charge in [0.15, 0.2) is 4.90 Å². The van der Waals surface area contributed by atoms with Crippen LogP contribution in [0.3, 0.4) is 0 Å². The van der Waals surface area contributed by atoms with Gasteiger partial charge in [-0.15, -0.1) is 0 Å². The Labute approximate surface area is 148 Å². The van der Waals surface area contributed by atoms with Crippen LogP contribution < -0.4 is 4.72 Å². The van der Waals surface area contributed by atoms with E-state index >= 15 is 0 Å². The fourth-order valence-electron chi connectivity index (χ4n) is 2.16. The zero-order chi connectivity index (χ0) is 18.6. The van der Waals surface area contributed by atoms with E-state index in [1.807, 2.05) is 4.72 Å². The van der Waals surface area contributed by atoms with Crippen LogP contribution in [0.5, 0.6) is 0 Å². The summed E-state index contributed by atoms with van der Waals surface area (Å²) in [4.78, 5) is 10.7. The number of methoxy groups -OCH3 is 1. The monoisotopic (exact) mass is 389 g/mol. The van der Waals surface area contributed by atoms with Crippen molar-refractivity contribution in [3.63, 3.8) is 0 Å². The van der Waals surface area contributed by atoms with Crippen LogP contribution >= 0.6 is 11.6 Å². The van der Waals surface area contributed by atoms with Crippen LogP contribution in [0.1, 0.15) is 5.56 Å². The highest BCUT2D eigenvalue weighted by atomic mass is 35.5. The molecule has 0 aromatic heterocycles. The van der Waals surface area contributed by atoms with Crippen molar-refractivity contribution in [2.24, 2.45) is 0 Å². The molecule has 0 saturated carbocycles. The molecular formula is C16H14ClF2NO4S. The van der Waals surface area contributed by atoms with E-state index in [1.165, 1.54) is 0 Å². The van der Waals surface area contributed by atoms with E-state index in [1.54, 1.807) is 24.3 Å². The molecule has 0 aliphatic rings. The van der Waals surface area contributed by atoms with Crippen LogP contribution in [-0.4, -0.2) is 27.5 Å². The van der Waals surface area contributed by atoms with Crippen molar-refractivity contribution in [1.82, 2.24) is 4.72 Å². The second-order valence-electron chi connectivity index (χ2n) is 5.08. The molecule has 1 unspecified atom stereocenters. The molecule has 25 heavy (non-hydrogen) atoms. The lowest BCUT2D eigenvalue weighted by Gasteiger charge is -2.17. The lowest BCUT2D eigenvalue weighted by molar-refractivity contribution is -0.142. The summed E-state index contributed by atoms with van der Waals surface area (Å²) in [6, 6.07) is 7.61. The highest BCUT2D eigenvalue weighted by molar-refractivity contribution is 7.89. The molecule has 0 radical (unpaired) electrons. The van der Waals surface area contributed by atoms with E-state index < -0.39 is 38.6 Å². The van der Waals surface area contributed by atoms with Crippen LogP contribution in [0.2, 0.25) is 5.02 Å². The van der Waals surface area contributed by atoms with Crippen molar-refractivity contribution in [3.05, 3.63) is 64.7 Å². The van der Waals surface area contributed by atoms with E-state index in [2.05, 4.69) is 4.74 Å². The quantitative estimate of drug-likeness (QED) is 0.771. The van der Waals surface area contributed by atoms with Crippen LogP contribution in [0.15, 0.2) is 47.4 Å². The van der Waals surface area contributed by atoms with Gasteiger partial charge in [-0.3, -0.25) is 4.79 Å². The van der Waals surface area contributed by atoms with Crippen LogP contribution in [0.25, 0.3) is 0 Å². The SMILES string of the molecule is COC(=O)C(Cc1ccc(Cl)cc1)NS(=O)(=O)c1c(F)cccc1F. The second-order valence-corrected chi connectivity index (χ2v) is 7.17. The van der Waals surface area contributed by atoms with Gasteiger partial charge in [-0.2, -0.15) is 4.72 Å². The standard InChI is InChI=1S/C16H14ClF2NO4S/c1-24-16(21)14(9-10-5-7-11(17)8-6-10)20-25(22,23)15-12(18)3-2-4-13(15)19/h2-8,14,20H,9H2,1H3. The van der Waals surface area contributed by atoms with Gasteiger partial charge >= 0.3 is 5.97 Å². The zero-order valence-corrected chi connectivity index (χ0v) is 14.6. The minimum Gasteiger partial charge on any atom is -0.468 e. The Balaban J connectivity index is 2.33. The van der Waals surface area contributed by atoms with E-state index in [-0.39, 0.29) is 6.42 Å². The summed E-state index contributed by atoms with van der Waals surface area (Å²) in [5, 5.41) is 0.465. The molecule has 1 N–H and O–H groups in total. The third-order valence-electron chi connectivity index (χ3n) is 3.32. The average molecular weight is 390 g/mol. The summed E-state index contributed by atoms with van der Waals surface area (Å²) in [5.74, 6) is -3.42. The number of ether oxygens (including phenoxy) is 1. The molecule has 1 atom stereocenters. The molecule has 2 aromatic carbocycles. The van der Waals surface area contributed by atoms with Crippen molar-refractivity contribution >= 4 is 27.6 Å². The molecule has 0 amide bonds. The first-order valence-corrected chi connectivity index (χ1v) is 8.89. The molecule has 9 heteroatoms. The molecule has 0 heterocycles. The molecule has 0 aliphatic heterocycles. The number of hydrogen-bond donors (Lipinski definition) is 1. The molecule has 0 bridgehead atoms. The maximum atomic E-state index is 13.8. The van der Waals surface area contributed by atoms with Gasteiger partial charge in [0.05, 0.1) is 7.11 Å². The average Bonchev–Trinajstić information content (AvgIpc) is 2.55. The zero-order valence-electron chi connectivity index (χ0n) is 13.0. The number of esters is 1. The van der Waals surface area contributed by atoms with Gasteiger partial charge in [0.1, 0.15) is 17.7 Å². The molecule has 2 aromatic rings. The Bertz CT molecular complexity index is 852. The minimum atomic E-state index is -4.63. The van der Waals surface area contributed by atoms with E-state index in [4.69, 9.17) is 11.6 Å². The molecule has 5 nitrogen and oxygen atoms in total. The number of carbonyl (C=O) groups is 1. The second kappa shape index (κ2) is 7.90. The molecular weight excluding hydrogens is 376 g/mol. The first-order valence-electron chi connectivity index (χ1n) is 7.03. The molecule has 0 saturated heterocycles. The smallest absolute Gasteiger partial charge is 0.324 e. The molecule has 0 spiro atoms. The summed E-state index contributed by atoms with van der Waals surface area (Å²) in [7, 11) is -3.55. The molecule has 2 rings (SSSR count). The Morgan fingerprint density at radius 3 is 2.24 bits per heavy atom. The van der Waals surface area contributed by atoms with Crippen molar-refractivity contribution in [3.8, 4) is 0 Å². The number of sulfonamides is 1. The van der Waals surface area contributed by atoms with E-state index in [0.717, 1.165) is 25.3 Å². The predicted octanol–water partition coefficient (Wildman–Crippen LogP) is 2.68. The third kappa shape index (κ3) is 4.75. The summed E-state index contributed by atoms with van der Waals surface area (Å²) in [6.45, 7) is 0. The summed E-state index contributed by atoms with van der Waals surface area (Å²) in [6.07, 6.45) is -0.0842. The summed E-state index contributed by atoms with van der Waals surface area (Å²) in [5.41, 5.74) is 0.580. The highest BCUT2D eigenvalue weighted by Crippen LogP contribution is 2.19. The topological polar surface area (TPSA) is 72.5 Å². The Morgan fingerprint density at radius 2 is 1.72 bits per heavy atom. The fourth-order valence-corrected chi connectivity index (χ4v) is 3.60. The Kier molecular flexibility index (Phi) is 6.10. The highest BCUT2D eigenvalue weighted by Gasteiger charge is 2.30. The van der Waals surface area contributed by atoms with Crippen LogP contribution in [-0.2, 0) is 26.0 Å². The number of carbonyl (C=O) groups excluding carboxylic acids is 1. The summed E-state index contributed by atoms with van der Waals surface area (Å²) >= 11 is 5.77.